The smallest absolute Gasteiger partial charge is 0.0772 e. The van der Waals surface area contributed by atoms with E-state index in [2.05, 4.69) is 46.8 Å². The Hall–Kier alpha value is -0.580. The van der Waals surface area contributed by atoms with Crippen molar-refractivity contribution in [1.29, 1.82) is 0 Å². The molecule has 0 aliphatic rings. The second-order valence-corrected chi connectivity index (χ2v) is 5.68. The van der Waals surface area contributed by atoms with Crippen LogP contribution in [0.25, 0.3) is 0 Å². The highest BCUT2D eigenvalue weighted by atomic mass is 79.9. The van der Waals surface area contributed by atoms with E-state index in [0.29, 0.717) is 12.6 Å². The van der Waals surface area contributed by atoms with Gasteiger partial charge < -0.3 is 14.7 Å². The number of halogens is 1. The number of hydrogen-bond donors (Lipinski definition) is 1. The summed E-state index contributed by atoms with van der Waals surface area (Å²) in [6, 6.07) is 6.57. The fourth-order valence-corrected chi connectivity index (χ4v) is 2.75. The molecule has 1 N–H and O–H groups in total. The normalized spacial score (nSPS) is 14.2. The zero-order chi connectivity index (χ0) is 14.4. The van der Waals surface area contributed by atoms with Crippen LogP contribution in [-0.2, 0) is 4.74 Å². The van der Waals surface area contributed by atoms with E-state index in [4.69, 9.17) is 4.74 Å². The molecule has 2 atom stereocenters. The van der Waals surface area contributed by atoms with Crippen molar-refractivity contribution in [1.82, 2.24) is 0 Å². The molecule has 0 radical (unpaired) electrons. The number of ether oxygens (including phenoxy) is 1. The summed E-state index contributed by atoms with van der Waals surface area (Å²) in [5, 5.41) is 9.67. The number of rotatable bonds is 7. The lowest BCUT2D eigenvalue weighted by atomic mass is 10.1. The highest BCUT2D eigenvalue weighted by Gasteiger charge is 2.15. The Morgan fingerprint density at radius 1 is 1.37 bits per heavy atom. The zero-order valence-electron chi connectivity index (χ0n) is 12.2. The van der Waals surface area contributed by atoms with E-state index in [1.165, 1.54) is 0 Å². The van der Waals surface area contributed by atoms with Crippen molar-refractivity contribution < 1.29 is 9.84 Å². The van der Waals surface area contributed by atoms with E-state index in [0.717, 1.165) is 28.7 Å². The number of hydrogen-bond acceptors (Lipinski definition) is 3. The first-order valence-corrected chi connectivity index (χ1v) is 7.53. The lowest BCUT2D eigenvalue weighted by Gasteiger charge is -2.31. The SMILES string of the molecule is CCC(C)N(CCOC)c1ccc([C@H](C)O)c(Br)c1. The predicted molar refractivity (Wildman–Crippen MR) is 83.8 cm³/mol. The van der Waals surface area contributed by atoms with Crippen LogP contribution in [0.3, 0.4) is 0 Å². The Labute approximate surface area is 124 Å². The number of aliphatic hydroxyl groups excluding tert-OH is 1. The summed E-state index contributed by atoms with van der Waals surface area (Å²) < 4.78 is 6.14. The molecule has 0 saturated carbocycles. The van der Waals surface area contributed by atoms with Gasteiger partial charge >= 0.3 is 0 Å². The quantitative estimate of drug-likeness (QED) is 0.826. The van der Waals surface area contributed by atoms with Gasteiger partial charge in [-0.25, -0.2) is 0 Å². The highest BCUT2D eigenvalue weighted by Crippen LogP contribution is 2.29. The Bertz CT molecular complexity index is 396. The third-order valence-electron chi connectivity index (χ3n) is 3.42. The van der Waals surface area contributed by atoms with Gasteiger partial charge in [0.15, 0.2) is 0 Å². The first-order valence-electron chi connectivity index (χ1n) is 6.74. The molecule has 0 amide bonds. The topological polar surface area (TPSA) is 32.7 Å². The second-order valence-electron chi connectivity index (χ2n) is 4.83. The summed E-state index contributed by atoms with van der Waals surface area (Å²) >= 11 is 3.54. The van der Waals surface area contributed by atoms with Gasteiger partial charge in [0.25, 0.3) is 0 Å². The molecule has 0 aromatic heterocycles. The molecule has 0 bridgehead atoms. The van der Waals surface area contributed by atoms with Crippen molar-refractivity contribution in [2.45, 2.75) is 39.3 Å². The Kier molecular flexibility index (Phi) is 6.83. The molecule has 3 nitrogen and oxygen atoms in total. The van der Waals surface area contributed by atoms with E-state index >= 15 is 0 Å². The lowest BCUT2D eigenvalue weighted by Crippen LogP contribution is -2.35. The van der Waals surface area contributed by atoms with Crippen LogP contribution in [0.1, 0.15) is 38.9 Å². The van der Waals surface area contributed by atoms with Crippen LogP contribution in [-0.4, -0.2) is 31.4 Å². The largest absolute Gasteiger partial charge is 0.389 e. The van der Waals surface area contributed by atoms with Gasteiger partial charge in [0.05, 0.1) is 12.7 Å². The van der Waals surface area contributed by atoms with Gasteiger partial charge in [-0.3, -0.25) is 0 Å². The number of nitrogens with zero attached hydrogens (tertiary/aromatic N) is 1. The third kappa shape index (κ3) is 4.48. The fourth-order valence-electron chi connectivity index (χ4n) is 2.05. The first-order chi connectivity index (χ1) is 9.01. The van der Waals surface area contributed by atoms with Crippen molar-refractivity contribution in [3.05, 3.63) is 28.2 Å². The molecule has 1 unspecified atom stereocenters. The number of aliphatic hydroxyl groups is 1. The Morgan fingerprint density at radius 3 is 2.53 bits per heavy atom. The van der Waals surface area contributed by atoms with Crippen LogP contribution < -0.4 is 4.90 Å². The van der Waals surface area contributed by atoms with Gasteiger partial charge in [0, 0.05) is 29.9 Å². The second kappa shape index (κ2) is 7.88. The molecule has 0 heterocycles. The molecule has 1 aromatic rings. The minimum absolute atomic E-state index is 0.458. The molecule has 4 heteroatoms. The molecule has 108 valence electrons. The van der Waals surface area contributed by atoms with E-state index in [-0.39, 0.29) is 0 Å². The number of benzene rings is 1. The van der Waals surface area contributed by atoms with Gasteiger partial charge in [-0.1, -0.05) is 28.9 Å². The minimum atomic E-state index is -0.459. The molecular formula is C15H24BrNO2. The van der Waals surface area contributed by atoms with Gasteiger partial charge in [0.1, 0.15) is 0 Å². The van der Waals surface area contributed by atoms with Crippen molar-refractivity contribution in [3.8, 4) is 0 Å². The van der Waals surface area contributed by atoms with Crippen LogP contribution in [0.5, 0.6) is 0 Å². The van der Waals surface area contributed by atoms with Gasteiger partial charge in [0.2, 0.25) is 0 Å². The van der Waals surface area contributed by atoms with E-state index in [9.17, 15) is 5.11 Å². The van der Waals surface area contributed by atoms with Crippen molar-refractivity contribution >= 4 is 21.6 Å². The fraction of sp³-hybridized carbons (Fsp3) is 0.600. The highest BCUT2D eigenvalue weighted by molar-refractivity contribution is 9.10. The minimum Gasteiger partial charge on any atom is -0.389 e. The summed E-state index contributed by atoms with van der Waals surface area (Å²) in [6.07, 6.45) is 0.624. The molecule has 0 aliphatic heterocycles. The van der Waals surface area contributed by atoms with Crippen molar-refractivity contribution in [2.75, 3.05) is 25.2 Å². The van der Waals surface area contributed by atoms with E-state index in [1.54, 1.807) is 14.0 Å². The number of methoxy groups -OCH3 is 1. The predicted octanol–water partition coefficient (Wildman–Crippen LogP) is 3.75. The Morgan fingerprint density at radius 2 is 2.05 bits per heavy atom. The van der Waals surface area contributed by atoms with E-state index in [1.807, 2.05) is 6.07 Å². The molecule has 1 rings (SSSR count). The molecule has 19 heavy (non-hydrogen) atoms. The summed E-state index contributed by atoms with van der Waals surface area (Å²) in [6.45, 7) is 7.75. The van der Waals surface area contributed by atoms with Crippen molar-refractivity contribution in [2.24, 2.45) is 0 Å². The van der Waals surface area contributed by atoms with Crippen LogP contribution in [0, 0.1) is 0 Å². The standard InChI is InChI=1S/C15H24BrNO2/c1-5-11(2)17(8-9-19-4)13-6-7-14(12(3)18)15(16)10-13/h6-7,10-12,18H,5,8-9H2,1-4H3/t11?,12-/m0/s1. The molecule has 1 aromatic carbocycles. The monoisotopic (exact) mass is 329 g/mol. The molecule has 0 spiro atoms. The van der Waals surface area contributed by atoms with Crippen LogP contribution >= 0.6 is 15.9 Å². The zero-order valence-corrected chi connectivity index (χ0v) is 13.8. The van der Waals surface area contributed by atoms with Gasteiger partial charge in [-0.2, -0.15) is 0 Å². The van der Waals surface area contributed by atoms with Gasteiger partial charge in [-0.15, -0.1) is 0 Å². The third-order valence-corrected chi connectivity index (χ3v) is 4.11. The van der Waals surface area contributed by atoms with Crippen LogP contribution in [0.15, 0.2) is 22.7 Å². The van der Waals surface area contributed by atoms with Crippen LogP contribution in [0.2, 0.25) is 0 Å². The molecule has 0 aliphatic carbocycles. The summed E-state index contributed by atoms with van der Waals surface area (Å²) in [7, 11) is 1.72. The van der Waals surface area contributed by atoms with Gasteiger partial charge in [-0.05, 0) is 38.0 Å². The maximum Gasteiger partial charge on any atom is 0.0772 e. The summed E-state index contributed by atoms with van der Waals surface area (Å²) in [5.74, 6) is 0. The summed E-state index contributed by atoms with van der Waals surface area (Å²) in [4.78, 5) is 2.33. The molecular weight excluding hydrogens is 306 g/mol. The Balaban J connectivity index is 2.99. The van der Waals surface area contributed by atoms with Crippen molar-refractivity contribution in [3.63, 3.8) is 0 Å². The average molecular weight is 330 g/mol. The lowest BCUT2D eigenvalue weighted by molar-refractivity contribution is 0.198. The maximum atomic E-state index is 9.67. The molecule has 0 fully saturated rings. The summed E-state index contributed by atoms with van der Waals surface area (Å²) in [5.41, 5.74) is 2.07. The van der Waals surface area contributed by atoms with E-state index < -0.39 is 6.10 Å². The van der Waals surface area contributed by atoms with Crippen LogP contribution in [0.4, 0.5) is 5.69 Å². The molecule has 0 saturated heterocycles. The maximum absolute atomic E-state index is 9.67. The number of anilines is 1. The first kappa shape index (κ1) is 16.5. The average Bonchev–Trinajstić information content (AvgIpc) is 2.38.